The number of rotatable bonds is 6. The van der Waals surface area contributed by atoms with Gasteiger partial charge in [0.15, 0.2) is 0 Å². The van der Waals surface area contributed by atoms with Crippen LogP contribution >= 0.6 is 0 Å². The van der Waals surface area contributed by atoms with E-state index in [4.69, 9.17) is 0 Å². The van der Waals surface area contributed by atoms with Gasteiger partial charge in [-0.25, -0.2) is 8.42 Å². The highest BCUT2D eigenvalue weighted by Gasteiger charge is 2.33. The van der Waals surface area contributed by atoms with Crippen LogP contribution in [0.15, 0.2) is 23.1 Å². The number of sulfonamides is 1. The van der Waals surface area contributed by atoms with Crippen LogP contribution in [0.4, 0.5) is 0 Å². The van der Waals surface area contributed by atoms with E-state index in [1.54, 1.807) is 10.4 Å². The number of benzene rings is 1. The molecule has 2 saturated heterocycles. The van der Waals surface area contributed by atoms with E-state index < -0.39 is 10.0 Å². The van der Waals surface area contributed by atoms with Crippen LogP contribution in [0, 0.1) is 11.8 Å². The number of hydrogen-bond acceptors (Lipinski definition) is 4. The fourth-order valence-electron chi connectivity index (χ4n) is 5.37. The molecule has 2 fully saturated rings. The Morgan fingerprint density at radius 1 is 1.03 bits per heavy atom. The van der Waals surface area contributed by atoms with Crippen molar-refractivity contribution in [2.24, 2.45) is 11.8 Å². The van der Waals surface area contributed by atoms with Gasteiger partial charge in [0.2, 0.25) is 15.9 Å². The standard InChI is InChI=1S/C25H39N3O3S/c1-19-9-13-27(14-10-19)20(2)18-26-25(29)22-11-15-28(16-12-22)32(30,31)24-8-7-21-5-3-4-6-23(21)17-24/h7-8,17,19-20,22H,3-6,9-16,18H2,1-2H3,(H,26,29). The van der Waals surface area contributed by atoms with E-state index in [9.17, 15) is 13.2 Å². The Hall–Kier alpha value is -1.44. The lowest BCUT2D eigenvalue weighted by atomic mass is 9.92. The number of amides is 1. The number of hydrogen-bond donors (Lipinski definition) is 1. The highest BCUT2D eigenvalue weighted by Crippen LogP contribution is 2.28. The molecule has 0 bridgehead atoms. The molecule has 0 aromatic heterocycles. The highest BCUT2D eigenvalue weighted by atomic mass is 32.2. The number of carbonyl (C=O) groups is 1. The molecule has 1 aromatic rings. The molecule has 2 heterocycles. The topological polar surface area (TPSA) is 69.7 Å². The Morgan fingerprint density at radius 3 is 2.38 bits per heavy atom. The second kappa shape index (κ2) is 10.2. The van der Waals surface area contributed by atoms with Crippen LogP contribution in [-0.4, -0.2) is 62.3 Å². The van der Waals surface area contributed by atoms with E-state index in [1.165, 1.54) is 30.4 Å². The molecule has 1 amide bonds. The molecule has 7 heteroatoms. The summed E-state index contributed by atoms with van der Waals surface area (Å²) in [5.74, 6) is 0.780. The van der Waals surface area contributed by atoms with Crippen molar-refractivity contribution in [1.82, 2.24) is 14.5 Å². The first-order chi connectivity index (χ1) is 15.3. The van der Waals surface area contributed by atoms with E-state index in [1.807, 2.05) is 12.1 Å². The summed E-state index contributed by atoms with van der Waals surface area (Å²) in [6.45, 7) is 8.20. The molecule has 2 aliphatic heterocycles. The summed E-state index contributed by atoms with van der Waals surface area (Å²) in [6, 6.07) is 5.98. The minimum Gasteiger partial charge on any atom is -0.354 e. The van der Waals surface area contributed by atoms with E-state index in [2.05, 4.69) is 24.1 Å². The molecular formula is C25H39N3O3S. The average Bonchev–Trinajstić information content (AvgIpc) is 2.82. The quantitative estimate of drug-likeness (QED) is 0.706. The summed E-state index contributed by atoms with van der Waals surface area (Å²) >= 11 is 0. The Bertz CT molecular complexity index is 901. The summed E-state index contributed by atoms with van der Waals surface area (Å²) in [7, 11) is -3.49. The van der Waals surface area contributed by atoms with Crippen LogP contribution in [0.5, 0.6) is 0 Å². The summed E-state index contributed by atoms with van der Waals surface area (Å²) in [6.07, 6.45) is 7.97. The van der Waals surface area contributed by atoms with Crippen molar-refractivity contribution in [3.05, 3.63) is 29.3 Å². The monoisotopic (exact) mass is 461 g/mol. The lowest BCUT2D eigenvalue weighted by Gasteiger charge is -2.35. The molecule has 1 unspecified atom stereocenters. The zero-order valence-corrected chi connectivity index (χ0v) is 20.5. The van der Waals surface area contributed by atoms with Crippen LogP contribution in [0.3, 0.4) is 0 Å². The predicted molar refractivity (Wildman–Crippen MR) is 127 cm³/mol. The largest absolute Gasteiger partial charge is 0.354 e. The van der Waals surface area contributed by atoms with Crippen LogP contribution in [-0.2, 0) is 27.7 Å². The van der Waals surface area contributed by atoms with Crippen molar-refractivity contribution in [1.29, 1.82) is 0 Å². The van der Waals surface area contributed by atoms with Gasteiger partial charge in [0, 0.05) is 31.6 Å². The number of nitrogens with one attached hydrogen (secondary N) is 1. The first-order valence-electron chi connectivity index (χ1n) is 12.5. The Morgan fingerprint density at radius 2 is 1.69 bits per heavy atom. The third-order valence-corrected chi connectivity index (χ3v) is 9.69. The molecule has 1 atom stereocenters. The molecule has 1 N–H and O–H groups in total. The van der Waals surface area contributed by atoms with Crippen molar-refractivity contribution in [3.8, 4) is 0 Å². The van der Waals surface area contributed by atoms with Crippen LogP contribution < -0.4 is 5.32 Å². The Labute approximate surface area is 193 Å². The molecular weight excluding hydrogens is 422 g/mol. The van der Waals surface area contributed by atoms with Gasteiger partial charge in [0.25, 0.3) is 0 Å². The third-order valence-electron chi connectivity index (χ3n) is 7.80. The molecule has 32 heavy (non-hydrogen) atoms. The maximum absolute atomic E-state index is 13.2. The summed E-state index contributed by atoms with van der Waals surface area (Å²) in [5, 5.41) is 3.13. The van der Waals surface area contributed by atoms with Crippen molar-refractivity contribution in [3.63, 3.8) is 0 Å². The fourth-order valence-corrected chi connectivity index (χ4v) is 6.89. The maximum Gasteiger partial charge on any atom is 0.243 e. The predicted octanol–water partition coefficient (Wildman–Crippen LogP) is 3.20. The van der Waals surface area contributed by atoms with Crippen molar-refractivity contribution in [2.75, 3.05) is 32.7 Å². The summed E-state index contributed by atoms with van der Waals surface area (Å²) in [5.41, 5.74) is 2.47. The highest BCUT2D eigenvalue weighted by molar-refractivity contribution is 7.89. The third kappa shape index (κ3) is 5.37. The smallest absolute Gasteiger partial charge is 0.243 e. The van der Waals surface area contributed by atoms with Gasteiger partial charge >= 0.3 is 0 Å². The second-order valence-electron chi connectivity index (χ2n) is 10.1. The van der Waals surface area contributed by atoms with Crippen LogP contribution in [0.1, 0.15) is 63.5 Å². The zero-order chi connectivity index (χ0) is 22.7. The summed E-state index contributed by atoms with van der Waals surface area (Å²) < 4.78 is 27.9. The van der Waals surface area contributed by atoms with Gasteiger partial charge in [-0.15, -0.1) is 0 Å². The zero-order valence-electron chi connectivity index (χ0n) is 19.7. The molecule has 6 nitrogen and oxygen atoms in total. The van der Waals surface area contributed by atoms with Crippen LogP contribution in [0.25, 0.3) is 0 Å². The van der Waals surface area contributed by atoms with Crippen molar-refractivity contribution < 1.29 is 13.2 Å². The number of carbonyl (C=O) groups excluding carboxylic acids is 1. The van der Waals surface area contributed by atoms with Crippen LogP contribution in [0.2, 0.25) is 0 Å². The Kier molecular flexibility index (Phi) is 7.58. The van der Waals surface area contributed by atoms with E-state index >= 15 is 0 Å². The molecule has 0 spiro atoms. The van der Waals surface area contributed by atoms with Gasteiger partial charge in [0.1, 0.15) is 0 Å². The lowest BCUT2D eigenvalue weighted by molar-refractivity contribution is -0.126. The van der Waals surface area contributed by atoms with Gasteiger partial charge in [-0.3, -0.25) is 9.69 Å². The van der Waals surface area contributed by atoms with E-state index in [0.29, 0.717) is 43.4 Å². The van der Waals surface area contributed by atoms with Gasteiger partial charge in [-0.05, 0) is 101 Å². The molecule has 0 saturated carbocycles. The average molecular weight is 462 g/mol. The fraction of sp³-hybridized carbons (Fsp3) is 0.720. The molecule has 3 aliphatic rings. The molecule has 0 radical (unpaired) electrons. The van der Waals surface area contributed by atoms with Gasteiger partial charge in [-0.2, -0.15) is 4.31 Å². The Balaban J connectivity index is 1.27. The number of aryl methyl sites for hydroxylation is 2. The maximum atomic E-state index is 13.2. The minimum atomic E-state index is -3.49. The summed E-state index contributed by atoms with van der Waals surface area (Å²) in [4.78, 5) is 15.6. The van der Waals surface area contributed by atoms with Gasteiger partial charge in [0.05, 0.1) is 4.90 Å². The molecule has 178 valence electrons. The van der Waals surface area contributed by atoms with Gasteiger partial charge in [-0.1, -0.05) is 13.0 Å². The molecule has 1 aromatic carbocycles. The molecule has 4 rings (SSSR count). The SMILES string of the molecule is CC1CCN(C(C)CNC(=O)C2CCN(S(=O)(=O)c3ccc4c(c3)CCCC4)CC2)CC1. The lowest BCUT2D eigenvalue weighted by Crippen LogP contribution is -2.48. The first-order valence-corrected chi connectivity index (χ1v) is 13.9. The first kappa shape index (κ1) is 23.7. The number of piperidine rings is 2. The van der Waals surface area contributed by atoms with Crippen molar-refractivity contribution in [2.45, 2.75) is 76.2 Å². The van der Waals surface area contributed by atoms with E-state index in [0.717, 1.165) is 38.3 Å². The van der Waals surface area contributed by atoms with E-state index in [-0.39, 0.29) is 11.8 Å². The normalized spacial score (nSPS) is 22.9. The minimum absolute atomic E-state index is 0.0769. The van der Waals surface area contributed by atoms with Gasteiger partial charge < -0.3 is 5.32 Å². The molecule has 1 aliphatic carbocycles. The van der Waals surface area contributed by atoms with Crippen molar-refractivity contribution >= 4 is 15.9 Å². The second-order valence-corrected chi connectivity index (χ2v) is 12.1. The number of likely N-dealkylation sites (tertiary alicyclic amines) is 1. The number of fused-ring (bicyclic) bond motifs is 1. The number of nitrogens with zero attached hydrogens (tertiary/aromatic N) is 2.